The maximum atomic E-state index is 12.5. The Balaban J connectivity index is 1.80. The lowest BCUT2D eigenvalue weighted by Gasteiger charge is -2.26. The van der Waals surface area contributed by atoms with Crippen LogP contribution in [0.1, 0.15) is 15.2 Å². The molecule has 0 saturated carbocycles. The second-order valence-corrected chi connectivity index (χ2v) is 6.80. The number of hydrogen-bond donors (Lipinski definition) is 0. The minimum Gasteiger partial charge on any atom is -0.493 e. The first-order valence-corrected chi connectivity index (χ1v) is 9.43. The molecule has 8 heteroatoms. The second-order valence-electron chi connectivity index (χ2n) is 5.85. The number of carbonyl (C=O) groups is 2. The molecule has 2 heterocycles. The normalized spacial score (nSPS) is 14.3. The van der Waals surface area contributed by atoms with Crippen LogP contribution in [-0.4, -0.2) is 50.2 Å². The first-order valence-electron chi connectivity index (χ1n) is 8.55. The number of rotatable bonds is 5. The zero-order chi connectivity index (χ0) is 19.9. The summed E-state index contributed by atoms with van der Waals surface area (Å²) in [4.78, 5) is 26.7. The number of nitrogens with zero attached hydrogens (tertiary/aromatic N) is 2. The van der Waals surface area contributed by atoms with Crippen LogP contribution in [0.15, 0.2) is 41.3 Å². The van der Waals surface area contributed by atoms with E-state index in [-0.39, 0.29) is 17.2 Å². The number of benzene rings is 1. The van der Waals surface area contributed by atoms with Crippen molar-refractivity contribution in [3.05, 3.63) is 51.7 Å². The summed E-state index contributed by atoms with van der Waals surface area (Å²) in [5, 5.41) is 11.2. The third-order valence-electron chi connectivity index (χ3n) is 4.07. The molecule has 1 saturated heterocycles. The third kappa shape index (κ3) is 4.57. The molecule has 1 fully saturated rings. The van der Waals surface area contributed by atoms with Gasteiger partial charge in [-0.1, -0.05) is 12.1 Å². The Labute approximate surface area is 166 Å². The quantitative estimate of drug-likeness (QED) is 0.333. The van der Waals surface area contributed by atoms with Gasteiger partial charge in [0.25, 0.3) is 5.91 Å². The van der Waals surface area contributed by atoms with Gasteiger partial charge >= 0.3 is 5.97 Å². The fraction of sp³-hybridized carbons (Fsp3) is 0.250. The summed E-state index contributed by atoms with van der Waals surface area (Å²) in [6.45, 7) is 1.84. The topological polar surface area (TPSA) is 88.9 Å². The van der Waals surface area contributed by atoms with Crippen LogP contribution in [0.5, 0.6) is 11.5 Å². The first kappa shape index (κ1) is 19.6. The zero-order valence-electron chi connectivity index (χ0n) is 15.2. The number of nitriles is 1. The van der Waals surface area contributed by atoms with Gasteiger partial charge in [0, 0.05) is 13.1 Å². The van der Waals surface area contributed by atoms with Crippen molar-refractivity contribution in [3.8, 4) is 17.6 Å². The number of morpholine rings is 1. The molecule has 1 aromatic carbocycles. The number of amides is 1. The highest BCUT2D eigenvalue weighted by molar-refractivity contribution is 7.12. The number of esters is 1. The summed E-state index contributed by atoms with van der Waals surface area (Å²) in [5.74, 6) is -0.222. The molecular weight excluding hydrogens is 380 g/mol. The Kier molecular flexibility index (Phi) is 6.42. The number of ether oxygens (including phenoxy) is 3. The summed E-state index contributed by atoms with van der Waals surface area (Å²) in [5.41, 5.74) is 0.609. The Morgan fingerprint density at radius 1 is 1.25 bits per heavy atom. The number of carbonyl (C=O) groups excluding carboxylic acids is 2. The van der Waals surface area contributed by atoms with Gasteiger partial charge in [0.2, 0.25) is 0 Å². The van der Waals surface area contributed by atoms with Crippen LogP contribution < -0.4 is 9.47 Å². The van der Waals surface area contributed by atoms with E-state index in [0.717, 1.165) is 0 Å². The van der Waals surface area contributed by atoms with E-state index in [2.05, 4.69) is 0 Å². The van der Waals surface area contributed by atoms with Gasteiger partial charge in [-0.3, -0.25) is 4.79 Å². The number of hydrogen-bond acceptors (Lipinski definition) is 7. The molecule has 144 valence electrons. The minimum atomic E-state index is -0.475. The Morgan fingerprint density at radius 2 is 2.04 bits per heavy atom. The predicted molar refractivity (Wildman–Crippen MR) is 103 cm³/mol. The van der Waals surface area contributed by atoms with E-state index in [4.69, 9.17) is 14.2 Å². The van der Waals surface area contributed by atoms with Crippen LogP contribution in [0.3, 0.4) is 0 Å². The van der Waals surface area contributed by atoms with Gasteiger partial charge < -0.3 is 19.1 Å². The monoisotopic (exact) mass is 398 g/mol. The second kappa shape index (κ2) is 9.17. The van der Waals surface area contributed by atoms with Crippen LogP contribution in [0.4, 0.5) is 0 Å². The molecule has 0 N–H and O–H groups in total. The van der Waals surface area contributed by atoms with Crippen LogP contribution >= 0.6 is 11.3 Å². The molecule has 28 heavy (non-hydrogen) atoms. The Bertz CT molecular complexity index is 925. The predicted octanol–water partition coefficient (Wildman–Crippen LogP) is 2.74. The molecule has 1 aromatic heterocycles. The van der Waals surface area contributed by atoms with Crippen molar-refractivity contribution in [3.63, 3.8) is 0 Å². The molecule has 0 unspecified atom stereocenters. The van der Waals surface area contributed by atoms with Gasteiger partial charge in [-0.05, 0) is 35.2 Å². The molecular formula is C20H18N2O5S. The lowest BCUT2D eigenvalue weighted by molar-refractivity contribution is -0.130. The van der Waals surface area contributed by atoms with Crippen LogP contribution in [0.25, 0.3) is 6.08 Å². The van der Waals surface area contributed by atoms with E-state index in [9.17, 15) is 14.9 Å². The van der Waals surface area contributed by atoms with Crippen LogP contribution in [0, 0.1) is 11.3 Å². The lowest BCUT2D eigenvalue weighted by Crippen LogP contribution is -2.41. The van der Waals surface area contributed by atoms with Gasteiger partial charge in [-0.2, -0.15) is 5.26 Å². The van der Waals surface area contributed by atoms with Gasteiger partial charge in [-0.25, -0.2) is 4.79 Å². The van der Waals surface area contributed by atoms with E-state index in [1.807, 2.05) is 6.07 Å². The molecule has 1 aliphatic rings. The fourth-order valence-electron chi connectivity index (χ4n) is 2.65. The summed E-state index contributed by atoms with van der Waals surface area (Å²) in [6, 6.07) is 10.2. The molecule has 2 aromatic rings. The van der Waals surface area contributed by atoms with Gasteiger partial charge in [0.05, 0.1) is 20.3 Å². The standard InChI is InChI=1S/C20H18N2O5S/c1-25-17-12-14(4-5-16(17)27-20(24)18-3-2-10-28-18)11-15(13-21)19(23)22-6-8-26-9-7-22/h2-5,10-12H,6-9H2,1H3/b15-11+. The first-order chi connectivity index (χ1) is 13.6. The van der Waals surface area contributed by atoms with Crippen molar-refractivity contribution in [1.82, 2.24) is 4.90 Å². The van der Waals surface area contributed by atoms with E-state index < -0.39 is 5.97 Å². The molecule has 1 amide bonds. The highest BCUT2D eigenvalue weighted by Gasteiger charge is 2.21. The van der Waals surface area contributed by atoms with E-state index in [1.165, 1.54) is 24.5 Å². The molecule has 0 aliphatic carbocycles. The summed E-state index contributed by atoms with van der Waals surface area (Å²) in [7, 11) is 1.45. The van der Waals surface area contributed by atoms with Crippen molar-refractivity contribution in [1.29, 1.82) is 5.26 Å². The molecule has 0 bridgehead atoms. The fourth-order valence-corrected chi connectivity index (χ4v) is 3.25. The summed E-state index contributed by atoms with van der Waals surface area (Å²) in [6.07, 6.45) is 1.49. The maximum absolute atomic E-state index is 12.5. The van der Waals surface area contributed by atoms with E-state index in [0.29, 0.717) is 42.5 Å². The summed E-state index contributed by atoms with van der Waals surface area (Å²) >= 11 is 1.28. The van der Waals surface area contributed by atoms with Crippen molar-refractivity contribution >= 4 is 29.3 Å². The minimum absolute atomic E-state index is 0.0206. The van der Waals surface area contributed by atoms with Crippen LogP contribution in [0.2, 0.25) is 0 Å². The molecule has 0 radical (unpaired) electrons. The van der Waals surface area contributed by atoms with Crippen LogP contribution in [-0.2, 0) is 9.53 Å². The highest BCUT2D eigenvalue weighted by Crippen LogP contribution is 2.30. The molecule has 0 spiro atoms. The molecule has 3 rings (SSSR count). The largest absolute Gasteiger partial charge is 0.493 e. The Morgan fingerprint density at radius 3 is 2.68 bits per heavy atom. The third-order valence-corrected chi connectivity index (χ3v) is 4.92. The molecule has 1 aliphatic heterocycles. The number of methoxy groups -OCH3 is 1. The number of thiophene rings is 1. The zero-order valence-corrected chi connectivity index (χ0v) is 16.0. The van der Waals surface area contributed by atoms with Gasteiger partial charge in [-0.15, -0.1) is 11.3 Å². The van der Waals surface area contributed by atoms with Crippen molar-refractivity contribution in [2.45, 2.75) is 0 Å². The highest BCUT2D eigenvalue weighted by atomic mass is 32.1. The molecule has 7 nitrogen and oxygen atoms in total. The Hall–Kier alpha value is -3.15. The van der Waals surface area contributed by atoms with Crippen molar-refractivity contribution < 1.29 is 23.8 Å². The van der Waals surface area contributed by atoms with Gasteiger partial charge in [0.15, 0.2) is 11.5 Å². The van der Waals surface area contributed by atoms with E-state index >= 15 is 0 Å². The van der Waals surface area contributed by atoms with Gasteiger partial charge in [0.1, 0.15) is 16.5 Å². The van der Waals surface area contributed by atoms with Crippen molar-refractivity contribution in [2.24, 2.45) is 0 Å². The van der Waals surface area contributed by atoms with E-state index in [1.54, 1.807) is 40.6 Å². The lowest BCUT2D eigenvalue weighted by atomic mass is 10.1. The average Bonchev–Trinajstić information content (AvgIpc) is 3.28. The summed E-state index contributed by atoms with van der Waals surface area (Å²) < 4.78 is 15.9. The van der Waals surface area contributed by atoms with Crippen molar-refractivity contribution in [2.75, 3.05) is 33.4 Å². The SMILES string of the molecule is COc1cc(/C=C(\C#N)C(=O)N2CCOCC2)ccc1OC(=O)c1cccs1. The smallest absolute Gasteiger partial charge is 0.353 e. The molecule has 0 atom stereocenters. The average molecular weight is 398 g/mol. The maximum Gasteiger partial charge on any atom is 0.353 e.